The van der Waals surface area contributed by atoms with Gasteiger partial charge < -0.3 is 0 Å². The first kappa shape index (κ1) is 6.60. The van der Waals surface area contributed by atoms with Gasteiger partial charge in [0.05, 0.1) is 0 Å². The second kappa shape index (κ2) is 2.86. The van der Waals surface area contributed by atoms with Crippen LogP contribution in [-0.4, -0.2) is 0 Å². The molecule has 1 aliphatic rings. The van der Waals surface area contributed by atoms with E-state index in [-0.39, 0.29) is 0 Å². The van der Waals surface area contributed by atoms with Gasteiger partial charge in [-0.2, -0.15) is 0 Å². The topological polar surface area (TPSA) is 0 Å². The lowest BCUT2D eigenvalue weighted by Gasteiger charge is -1.96. The predicted octanol–water partition coefficient (Wildman–Crippen LogP) is 2.92. The van der Waals surface area contributed by atoms with Crippen molar-refractivity contribution in [3.8, 4) is 0 Å². The van der Waals surface area contributed by atoms with E-state index in [9.17, 15) is 0 Å². The van der Waals surface area contributed by atoms with Crippen molar-refractivity contribution < 1.29 is 0 Å². The maximum absolute atomic E-state index is 2.34. The fourth-order valence-corrected chi connectivity index (χ4v) is 1.14. The fourth-order valence-electron chi connectivity index (χ4n) is 1.14. The van der Waals surface area contributed by atoms with E-state index in [4.69, 9.17) is 0 Å². The van der Waals surface area contributed by atoms with E-state index in [0.717, 1.165) is 0 Å². The van der Waals surface area contributed by atoms with Gasteiger partial charge in [0, 0.05) is 0 Å². The summed E-state index contributed by atoms with van der Waals surface area (Å²) >= 11 is 0. The molecule has 0 aromatic rings. The van der Waals surface area contributed by atoms with E-state index in [1.165, 1.54) is 18.4 Å². The second-order valence-electron chi connectivity index (χ2n) is 2.93. The monoisotopic (exact) mass is 122 g/mol. The van der Waals surface area contributed by atoms with Crippen molar-refractivity contribution >= 4 is 0 Å². The summed E-state index contributed by atoms with van der Waals surface area (Å²) < 4.78 is 0. The molecule has 0 unspecified atom stereocenters. The molecule has 0 radical (unpaired) electrons. The Morgan fingerprint density at radius 2 is 2.33 bits per heavy atom. The summed E-state index contributed by atoms with van der Waals surface area (Å²) in [6.45, 7) is 4.44. The highest BCUT2D eigenvalue weighted by molar-refractivity contribution is 5.24. The zero-order valence-corrected chi connectivity index (χ0v) is 6.22. The van der Waals surface area contributed by atoms with Crippen LogP contribution in [0.3, 0.4) is 0 Å². The summed E-state index contributed by atoms with van der Waals surface area (Å²) in [5.41, 5.74) is 1.52. The molecule has 0 heterocycles. The molecular formula is C9H14. The van der Waals surface area contributed by atoms with E-state index in [1.807, 2.05) is 0 Å². The molecule has 0 N–H and O–H groups in total. The lowest BCUT2D eigenvalue weighted by atomic mass is 10.1. The highest BCUT2D eigenvalue weighted by Gasteiger charge is 1.98. The highest BCUT2D eigenvalue weighted by atomic mass is 14.0. The molecule has 1 rings (SSSR count). The van der Waals surface area contributed by atoms with E-state index in [0.29, 0.717) is 5.92 Å². The Labute approximate surface area is 57.3 Å². The Morgan fingerprint density at radius 3 is 2.78 bits per heavy atom. The average Bonchev–Trinajstić information content (AvgIpc) is 2.15. The average molecular weight is 122 g/mol. The summed E-state index contributed by atoms with van der Waals surface area (Å²) in [5, 5.41) is 0. The molecule has 0 saturated carbocycles. The Hall–Kier alpha value is -0.520. The van der Waals surface area contributed by atoms with Gasteiger partial charge in [0.1, 0.15) is 0 Å². The first-order chi connectivity index (χ1) is 4.29. The fraction of sp³-hybridized carbons (Fsp3) is 0.556. The molecule has 0 aromatic heterocycles. The first-order valence-electron chi connectivity index (χ1n) is 3.66. The smallest absolute Gasteiger partial charge is 0.0247 e. The van der Waals surface area contributed by atoms with E-state index in [2.05, 4.69) is 32.1 Å². The zero-order chi connectivity index (χ0) is 6.69. The molecule has 0 aliphatic heterocycles. The summed E-state index contributed by atoms with van der Waals surface area (Å²) in [6.07, 6.45) is 9.33. The van der Waals surface area contributed by atoms with Gasteiger partial charge in [0.2, 0.25) is 0 Å². The lowest BCUT2D eigenvalue weighted by Crippen LogP contribution is -1.80. The van der Waals surface area contributed by atoms with Crippen molar-refractivity contribution in [3.63, 3.8) is 0 Å². The van der Waals surface area contributed by atoms with Gasteiger partial charge in [-0.15, -0.1) is 0 Å². The molecule has 9 heavy (non-hydrogen) atoms. The summed E-state index contributed by atoms with van der Waals surface area (Å²) in [6, 6.07) is 0. The molecule has 0 aromatic carbocycles. The largest absolute Gasteiger partial charge is 0.0839 e. The molecule has 0 spiro atoms. The standard InChI is InChI=1S/C9H14/c1-8(2)7-9-5-3-4-6-9/h3,5,7-8H,4,6H2,1-2H3/b9-7-. The van der Waals surface area contributed by atoms with Crippen LogP contribution in [0.1, 0.15) is 26.7 Å². The van der Waals surface area contributed by atoms with Gasteiger partial charge in [0.15, 0.2) is 0 Å². The molecule has 0 fully saturated rings. The molecule has 0 atom stereocenters. The van der Waals surface area contributed by atoms with Crippen LogP contribution in [0.2, 0.25) is 0 Å². The Balaban J connectivity index is 2.50. The lowest BCUT2D eigenvalue weighted by molar-refractivity contribution is 0.818. The first-order valence-corrected chi connectivity index (χ1v) is 3.66. The number of hydrogen-bond acceptors (Lipinski definition) is 0. The normalized spacial score (nSPS) is 22.3. The van der Waals surface area contributed by atoms with Crippen LogP contribution in [0.4, 0.5) is 0 Å². The molecule has 0 amide bonds. The van der Waals surface area contributed by atoms with E-state index in [1.54, 1.807) is 0 Å². The Bertz CT molecular complexity index is 138. The minimum Gasteiger partial charge on any atom is -0.0839 e. The van der Waals surface area contributed by atoms with E-state index >= 15 is 0 Å². The maximum Gasteiger partial charge on any atom is -0.0247 e. The highest BCUT2D eigenvalue weighted by Crippen LogP contribution is 2.17. The van der Waals surface area contributed by atoms with Crippen LogP contribution in [0.25, 0.3) is 0 Å². The summed E-state index contributed by atoms with van der Waals surface area (Å²) in [5.74, 6) is 0.711. The molecule has 0 heteroatoms. The van der Waals surface area contributed by atoms with Crippen molar-refractivity contribution in [3.05, 3.63) is 23.8 Å². The molecule has 0 nitrogen and oxygen atoms in total. The number of hydrogen-bond donors (Lipinski definition) is 0. The predicted molar refractivity (Wildman–Crippen MR) is 41.3 cm³/mol. The van der Waals surface area contributed by atoms with Gasteiger partial charge in [-0.1, -0.05) is 37.6 Å². The van der Waals surface area contributed by atoms with Crippen molar-refractivity contribution in [2.45, 2.75) is 26.7 Å². The van der Waals surface area contributed by atoms with Crippen LogP contribution < -0.4 is 0 Å². The molecular weight excluding hydrogens is 108 g/mol. The Kier molecular flexibility index (Phi) is 2.10. The van der Waals surface area contributed by atoms with Gasteiger partial charge in [-0.25, -0.2) is 0 Å². The van der Waals surface area contributed by atoms with Crippen LogP contribution >= 0.6 is 0 Å². The van der Waals surface area contributed by atoms with Gasteiger partial charge in [-0.05, 0) is 18.8 Å². The van der Waals surface area contributed by atoms with Crippen LogP contribution in [-0.2, 0) is 0 Å². The molecule has 50 valence electrons. The second-order valence-corrected chi connectivity index (χ2v) is 2.93. The van der Waals surface area contributed by atoms with Crippen LogP contribution in [0.15, 0.2) is 23.8 Å². The van der Waals surface area contributed by atoms with Crippen LogP contribution in [0.5, 0.6) is 0 Å². The minimum atomic E-state index is 0.711. The van der Waals surface area contributed by atoms with Gasteiger partial charge >= 0.3 is 0 Å². The summed E-state index contributed by atoms with van der Waals surface area (Å²) in [4.78, 5) is 0. The van der Waals surface area contributed by atoms with Crippen molar-refractivity contribution in [1.29, 1.82) is 0 Å². The molecule has 0 bridgehead atoms. The SMILES string of the molecule is CC(C)/C=C1/C=CCC1. The van der Waals surface area contributed by atoms with Gasteiger partial charge in [0.25, 0.3) is 0 Å². The quantitative estimate of drug-likeness (QED) is 0.501. The Morgan fingerprint density at radius 1 is 1.56 bits per heavy atom. The van der Waals surface area contributed by atoms with Crippen molar-refractivity contribution in [2.75, 3.05) is 0 Å². The molecule has 1 aliphatic carbocycles. The third-order valence-corrected chi connectivity index (χ3v) is 1.48. The van der Waals surface area contributed by atoms with Gasteiger partial charge in [-0.3, -0.25) is 0 Å². The maximum atomic E-state index is 2.34. The molecule has 0 saturated heterocycles. The van der Waals surface area contributed by atoms with Crippen molar-refractivity contribution in [2.24, 2.45) is 5.92 Å². The van der Waals surface area contributed by atoms with Crippen LogP contribution in [0, 0.1) is 5.92 Å². The van der Waals surface area contributed by atoms with E-state index < -0.39 is 0 Å². The number of rotatable bonds is 1. The number of allylic oxidation sites excluding steroid dienone is 4. The third kappa shape index (κ3) is 2.05. The third-order valence-electron chi connectivity index (χ3n) is 1.48. The minimum absolute atomic E-state index is 0.711. The van der Waals surface area contributed by atoms with Crippen molar-refractivity contribution in [1.82, 2.24) is 0 Å². The summed E-state index contributed by atoms with van der Waals surface area (Å²) in [7, 11) is 0. The zero-order valence-electron chi connectivity index (χ0n) is 6.22.